The van der Waals surface area contributed by atoms with Crippen molar-refractivity contribution in [3.05, 3.63) is 174 Å². The molecule has 0 saturated heterocycles. The standard InChI is InChI=1S/C49H34N4/c1-49(2)41-22-11-9-19-35(41)38-28-33-18-13-21-37-43(33)40(44(38)49)29-39-36-20-10-12-23-42(36)53(45(37)39)34-26-24-32(25-27-34)48-51-46(30-14-5-3-6-15-30)50-47(52-48)31-16-7-4-8-17-31/h3-17,19-29H,18H2,1-2H3. The van der Waals surface area contributed by atoms with Crippen molar-refractivity contribution < 1.29 is 0 Å². The van der Waals surface area contributed by atoms with Gasteiger partial charge in [0.25, 0.3) is 0 Å². The number of para-hydroxylation sites is 1. The zero-order valence-electron chi connectivity index (χ0n) is 29.5. The number of fused-ring (bicyclic) bond motifs is 8. The lowest BCUT2D eigenvalue weighted by Gasteiger charge is -2.26. The third-order valence-electron chi connectivity index (χ3n) is 11.4. The summed E-state index contributed by atoms with van der Waals surface area (Å²) in [4.78, 5) is 14.9. The first-order valence-electron chi connectivity index (χ1n) is 18.3. The maximum Gasteiger partial charge on any atom is 0.164 e. The molecule has 2 heterocycles. The average molecular weight is 679 g/mol. The first-order chi connectivity index (χ1) is 26.0. The summed E-state index contributed by atoms with van der Waals surface area (Å²) in [5.74, 6) is 1.97. The van der Waals surface area contributed by atoms with E-state index >= 15 is 0 Å². The van der Waals surface area contributed by atoms with Crippen molar-refractivity contribution in [2.75, 3.05) is 0 Å². The summed E-state index contributed by atoms with van der Waals surface area (Å²) in [7, 11) is 0. The van der Waals surface area contributed by atoms with Crippen molar-refractivity contribution in [1.29, 1.82) is 0 Å². The van der Waals surface area contributed by atoms with E-state index in [1.54, 1.807) is 0 Å². The first kappa shape index (κ1) is 30.0. The molecule has 0 N–H and O–H groups in total. The molecular weight excluding hydrogens is 645 g/mol. The largest absolute Gasteiger partial charge is 0.309 e. The smallest absolute Gasteiger partial charge is 0.164 e. The van der Waals surface area contributed by atoms with Crippen molar-refractivity contribution in [1.82, 2.24) is 19.5 Å². The van der Waals surface area contributed by atoms with Gasteiger partial charge < -0.3 is 4.57 Å². The van der Waals surface area contributed by atoms with Gasteiger partial charge in [-0.05, 0) is 87.5 Å². The molecule has 2 aliphatic carbocycles. The lowest BCUT2D eigenvalue weighted by atomic mass is 9.78. The summed E-state index contributed by atoms with van der Waals surface area (Å²) in [5, 5.41) is 5.30. The van der Waals surface area contributed by atoms with Gasteiger partial charge in [-0.25, -0.2) is 15.0 Å². The number of hydrogen-bond donors (Lipinski definition) is 0. The monoisotopic (exact) mass is 678 g/mol. The van der Waals surface area contributed by atoms with Gasteiger partial charge in [-0.1, -0.05) is 129 Å². The predicted molar refractivity (Wildman–Crippen MR) is 218 cm³/mol. The van der Waals surface area contributed by atoms with Crippen LogP contribution in [0.3, 0.4) is 0 Å². The summed E-state index contributed by atoms with van der Waals surface area (Å²) >= 11 is 0. The van der Waals surface area contributed by atoms with Crippen LogP contribution in [0, 0.1) is 0 Å². The third-order valence-corrected chi connectivity index (χ3v) is 11.4. The normalized spacial score (nSPS) is 13.8. The van der Waals surface area contributed by atoms with E-state index < -0.39 is 0 Å². The lowest BCUT2D eigenvalue weighted by Crippen LogP contribution is -2.16. The van der Waals surface area contributed by atoms with Crippen LogP contribution in [0.4, 0.5) is 0 Å². The molecule has 0 atom stereocenters. The SMILES string of the molecule is CC1(C)c2ccccc2-c2cc3c4c(c5c(cc4c21)c1ccccc1n5-c1ccc(-c2nc(-c4ccccc4)nc(-c4ccccc4)n2)cc1)C=CC3. The van der Waals surface area contributed by atoms with Crippen LogP contribution in [0.5, 0.6) is 0 Å². The second kappa shape index (κ2) is 11.2. The van der Waals surface area contributed by atoms with Crippen LogP contribution in [-0.4, -0.2) is 19.5 Å². The average Bonchev–Trinajstić information content (AvgIpc) is 3.67. The number of rotatable bonds is 4. The Balaban J connectivity index is 1.12. The van der Waals surface area contributed by atoms with Crippen molar-refractivity contribution in [2.45, 2.75) is 25.7 Å². The van der Waals surface area contributed by atoms with E-state index in [1.807, 2.05) is 60.7 Å². The molecule has 2 aliphatic rings. The highest BCUT2D eigenvalue weighted by molar-refractivity contribution is 6.20. The van der Waals surface area contributed by atoms with Crippen LogP contribution in [0.2, 0.25) is 0 Å². The van der Waals surface area contributed by atoms with Crippen LogP contribution in [0.25, 0.3) is 89.6 Å². The van der Waals surface area contributed by atoms with E-state index in [9.17, 15) is 0 Å². The molecule has 0 saturated carbocycles. The van der Waals surface area contributed by atoms with Crippen LogP contribution in [0.15, 0.2) is 152 Å². The molecule has 0 unspecified atom stereocenters. The molecule has 0 spiro atoms. The van der Waals surface area contributed by atoms with Gasteiger partial charge in [0, 0.05) is 44.1 Å². The summed E-state index contributed by atoms with van der Waals surface area (Å²) in [6.07, 6.45) is 5.64. The highest BCUT2D eigenvalue weighted by atomic mass is 15.0. The third kappa shape index (κ3) is 4.39. The molecule has 7 aromatic carbocycles. The van der Waals surface area contributed by atoms with Crippen molar-refractivity contribution in [2.24, 2.45) is 0 Å². The maximum atomic E-state index is 4.99. The van der Waals surface area contributed by atoms with Gasteiger partial charge in [0.2, 0.25) is 0 Å². The molecule has 9 aromatic rings. The van der Waals surface area contributed by atoms with Gasteiger partial charge in [0.1, 0.15) is 0 Å². The zero-order valence-corrected chi connectivity index (χ0v) is 29.5. The van der Waals surface area contributed by atoms with Gasteiger partial charge in [-0.3, -0.25) is 0 Å². The molecule has 250 valence electrons. The molecule has 4 nitrogen and oxygen atoms in total. The fraction of sp³-hybridized carbons (Fsp3) is 0.0816. The number of hydrogen-bond acceptors (Lipinski definition) is 3. The molecule has 2 aromatic heterocycles. The van der Waals surface area contributed by atoms with Gasteiger partial charge >= 0.3 is 0 Å². The molecule has 11 rings (SSSR count). The Labute approximate surface area is 307 Å². The number of nitrogens with zero attached hydrogens (tertiary/aromatic N) is 4. The minimum Gasteiger partial charge on any atom is -0.309 e. The molecule has 4 heteroatoms. The summed E-state index contributed by atoms with van der Waals surface area (Å²) < 4.78 is 2.45. The minimum absolute atomic E-state index is 0.0967. The topological polar surface area (TPSA) is 43.6 Å². The predicted octanol–water partition coefficient (Wildman–Crippen LogP) is 12.0. The molecule has 0 fully saturated rings. The van der Waals surface area contributed by atoms with E-state index in [-0.39, 0.29) is 5.41 Å². The Morgan fingerprint density at radius 3 is 1.85 bits per heavy atom. The zero-order chi connectivity index (χ0) is 35.3. The second-order valence-electron chi connectivity index (χ2n) is 14.8. The molecule has 53 heavy (non-hydrogen) atoms. The number of benzene rings is 7. The van der Waals surface area contributed by atoms with E-state index in [4.69, 9.17) is 15.0 Å². The Morgan fingerprint density at radius 1 is 0.547 bits per heavy atom. The lowest BCUT2D eigenvalue weighted by molar-refractivity contribution is 0.666. The Bertz CT molecular complexity index is 2910. The van der Waals surface area contributed by atoms with Gasteiger partial charge in [-0.15, -0.1) is 0 Å². The number of allylic oxidation sites excluding steroid dienone is 1. The minimum atomic E-state index is -0.0967. The van der Waals surface area contributed by atoms with Crippen molar-refractivity contribution in [3.63, 3.8) is 0 Å². The van der Waals surface area contributed by atoms with Crippen LogP contribution >= 0.6 is 0 Å². The number of aromatic nitrogens is 4. The van der Waals surface area contributed by atoms with Gasteiger partial charge in [-0.2, -0.15) is 0 Å². The van der Waals surface area contributed by atoms with Crippen LogP contribution < -0.4 is 0 Å². The second-order valence-corrected chi connectivity index (χ2v) is 14.8. The van der Waals surface area contributed by atoms with Crippen LogP contribution in [0.1, 0.15) is 36.1 Å². The van der Waals surface area contributed by atoms with E-state index in [0.29, 0.717) is 17.5 Å². The van der Waals surface area contributed by atoms with Gasteiger partial charge in [0.15, 0.2) is 17.5 Å². The molecule has 0 radical (unpaired) electrons. The highest BCUT2D eigenvalue weighted by Gasteiger charge is 2.38. The van der Waals surface area contributed by atoms with E-state index in [1.165, 1.54) is 66.0 Å². The fourth-order valence-electron chi connectivity index (χ4n) is 9.04. The maximum absolute atomic E-state index is 4.99. The Kier molecular flexibility index (Phi) is 6.33. The van der Waals surface area contributed by atoms with E-state index in [2.05, 4.69) is 115 Å². The van der Waals surface area contributed by atoms with Crippen molar-refractivity contribution >= 4 is 38.7 Å². The summed E-state index contributed by atoms with van der Waals surface area (Å²) in [6.45, 7) is 4.79. The molecule has 0 aliphatic heterocycles. The first-order valence-corrected chi connectivity index (χ1v) is 18.3. The highest BCUT2D eigenvalue weighted by Crippen LogP contribution is 2.54. The van der Waals surface area contributed by atoms with Crippen molar-refractivity contribution in [3.8, 4) is 51.0 Å². The molecule has 0 amide bonds. The van der Waals surface area contributed by atoms with Gasteiger partial charge in [0.05, 0.1) is 11.0 Å². The molecule has 0 bridgehead atoms. The summed E-state index contributed by atoms with van der Waals surface area (Å²) in [5.41, 5.74) is 14.6. The fourth-order valence-corrected chi connectivity index (χ4v) is 9.04. The summed E-state index contributed by atoms with van der Waals surface area (Å²) in [6, 6.07) is 51.8. The quantitative estimate of drug-likeness (QED) is 0.186. The van der Waals surface area contributed by atoms with Crippen LogP contribution in [-0.2, 0) is 11.8 Å². The van der Waals surface area contributed by atoms with E-state index in [0.717, 1.165) is 28.8 Å². The molecular formula is C49H34N4. The Morgan fingerprint density at radius 2 is 1.15 bits per heavy atom. The Hall–Kier alpha value is -6.65.